The van der Waals surface area contributed by atoms with Gasteiger partial charge in [0.05, 0.1) is 9.92 Å². The summed E-state index contributed by atoms with van der Waals surface area (Å²) in [7, 11) is -3.41. The lowest BCUT2D eigenvalue weighted by Crippen LogP contribution is -1.98. The van der Waals surface area contributed by atoms with Crippen molar-refractivity contribution in [2.75, 3.05) is 6.26 Å². The summed E-state index contributed by atoms with van der Waals surface area (Å²) in [6.07, 6.45) is 1.09. The zero-order chi connectivity index (χ0) is 14.2. The molecule has 2 nitrogen and oxygen atoms in total. The van der Waals surface area contributed by atoms with Gasteiger partial charge in [-0.25, -0.2) is 8.42 Å². The number of rotatable bonds is 2. The summed E-state index contributed by atoms with van der Waals surface area (Å²) in [4.78, 5) is 0.0185. The highest BCUT2D eigenvalue weighted by atomic mass is 35.5. The van der Waals surface area contributed by atoms with Gasteiger partial charge < -0.3 is 0 Å². The van der Waals surface area contributed by atoms with Gasteiger partial charge in [-0.3, -0.25) is 0 Å². The summed E-state index contributed by atoms with van der Waals surface area (Å²) in [5.41, 5.74) is 1.42. The molecule has 6 heteroatoms. The van der Waals surface area contributed by atoms with E-state index < -0.39 is 9.84 Å². The molecule has 2 rings (SSSR count). The van der Waals surface area contributed by atoms with E-state index in [1.807, 2.05) is 6.07 Å². The molecule has 2 aromatic rings. The van der Waals surface area contributed by atoms with Crippen LogP contribution < -0.4 is 0 Å². The molecular weight excluding hydrogens is 327 g/mol. The van der Waals surface area contributed by atoms with Gasteiger partial charge in [-0.15, -0.1) is 0 Å². The quantitative estimate of drug-likeness (QED) is 0.796. The van der Waals surface area contributed by atoms with Gasteiger partial charge in [-0.1, -0.05) is 46.9 Å². The lowest BCUT2D eigenvalue weighted by molar-refractivity contribution is 0.602. The Morgan fingerprint density at radius 1 is 0.947 bits per heavy atom. The van der Waals surface area contributed by atoms with Crippen LogP contribution in [0.15, 0.2) is 41.3 Å². The Morgan fingerprint density at radius 2 is 1.63 bits per heavy atom. The predicted octanol–water partition coefficient (Wildman–Crippen LogP) is 4.72. The second-order valence-electron chi connectivity index (χ2n) is 4.04. The van der Waals surface area contributed by atoms with Crippen LogP contribution in [0.5, 0.6) is 0 Å². The van der Waals surface area contributed by atoms with Crippen LogP contribution in [0.3, 0.4) is 0 Å². The summed E-state index contributed by atoms with van der Waals surface area (Å²) in [6.45, 7) is 0. The lowest BCUT2D eigenvalue weighted by atomic mass is 10.1. The van der Waals surface area contributed by atoms with Gasteiger partial charge >= 0.3 is 0 Å². The lowest BCUT2D eigenvalue weighted by Gasteiger charge is -2.09. The molecule has 100 valence electrons. The first-order chi connectivity index (χ1) is 8.79. The Balaban J connectivity index is 2.65. The molecule has 0 spiro atoms. The van der Waals surface area contributed by atoms with Gasteiger partial charge in [0, 0.05) is 21.9 Å². The average Bonchev–Trinajstić information content (AvgIpc) is 2.30. The molecule has 0 aliphatic rings. The third-order valence-electron chi connectivity index (χ3n) is 2.56. The fourth-order valence-corrected chi connectivity index (χ4v) is 3.55. The van der Waals surface area contributed by atoms with Crippen LogP contribution in [0.4, 0.5) is 0 Å². The van der Waals surface area contributed by atoms with Crippen molar-refractivity contribution in [1.29, 1.82) is 0 Å². The Labute approximate surface area is 126 Å². The van der Waals surface area contributed by atoms with Crippen LogP contribution in [0, 0.1) is 0 Å². The smallest absolute Gasteiger partial charge is 0.177 e. The van der Waals surface area contributed by atoms with Crippen molar-refractivity contribution in [3.63, 3.8) is 0 Å². The van der Waals surface area contributed by atoms with Crippen molar-refractivity contribution < 1.29 is 8.42 Å². The average molecular weight is 336 g/mol. The Hall–Kier alpha value is -0.740. The van der Waals surface area contributed by atoms with Crippen molar-refractivity contribution in [1.82, 2.24) is 0 Å². The van der Waals surface area contributed by atoms with E-state index in [4.69, 9.17) is 34.8 Å². The standard InChI is InChI=1S/C13H9Cl3O2S/c1-19(17,18)13-7-11(15)10(6-12(13)16)8-3-2-4-9(14)5-8/h2-7H,1H3. The largest absolute Gasteiger partial charge is 0.224 e. The van der Waals surface area contributed by atoms with E-state index in [-0.39, 0.29) is 9.92 Å². The van der Waals surface area contributed by atoms with Crippen molar-refractivity contribution >= 4 is 44.6 Å². The fourth-order valence-electron chi connectivity index (χ4n) is 1.69. The third-order valence-corrected chi connectivity index (χ3v) is 4.67. The maximum absolute atomic E-state index is 11.5. The van der Waals surface area contributed by atoms with Crippen molar-refractivity contribution in [2.24, 2.45) is 0 Å². The summed E-state index contributed by atoms with van der Waals surface area (Å²) in [5.74, 6) is 0. The fraction of sp³-hybridized carbons (Fsp3) is 0.0769. The van der Waals surface area contributed by atoms with E-state index >= 15 is 0 Å². The summed E-state index contributed by atoms with van der Waals surface area (Å²) >= 11 is 18.1. The molecule has 0 aromatic heterocycles. The van der Waals surface area contributed by atoms with Crippen LogP contribution in [-0.4, -0.2) is 14.7 Å². The molecule has 0 aliphatic carbocycles. The van der Waals surface area contributed by atoms with Crippen LogP contribution >= 0.6 is 34.8 Å². The second kappa shape index (κ2) is 5.33. The highest BCUT2D eigenvalue weighted by Gasteiger charge is 2.16. The van der Waals surface area contributed by atoms with Crippen LogP contribution in [0.1, 0.15) is 0 Å². The molecule has 19 heavy (non-hydrogen) atoms. The minimum absolute atomic E-state index is 0.0185. The minimum Gasteiger partial charge on any atom is -0.224 e. The van der Waals surface area contributed by atoms with Gasteiger partial charge in [0.1, 0.15) is 0 Å². The summed E-state index contributed by atoms with van der Waals surface area (Å²) < 4.78 is 23.1. The molecule has 2 aromatic carbocycles. The van der Waals surface area contributed by atoms with E-state index in [0.29, 0.717) is 15.6 Å². The van der Waals surface area contributed by atoms with Crippen LogP contribution in [0.25, 0.3) is 11.1 Å². The normalized spacial score (nSPS) is 11.6. The van der Waals surface area contributed by atoms with Crippen molar-refractivity contribution in [2.45, 2.75) is 4.90 Å². The van der Waals surface area contributed by atoms with Gasteiger partial charge in [-0.2, -0.15) is 0 Å². The zero-order valence-corrected chi connectivity index (χ0v) is 12.9. The molecule has 0 N–H and O–H groups in total. The molecule has 0 bridgehead atoms. The predicted molar refractivity (Wildman–Crippen MR) is 80.0 cm³/mol. The van der Waals surface area contributed by atoms with E-state index in [1.165, 1.54) is 12.1 Å². The number of benzene rings is 2. The Kier molecular flexibility index (Phi) is 4.11. The van der Waals surface area contributed by atoms with Crippen molar-refractivity contribution in [3.8, 4) is 11.1 Å². The molecule has 0 fully saturated rings. The molecule has 0 aliphatic heterocycles. The van der Waals surface area contributed by atoms with E-state index in [9.17, 15) is 8.42 Å². The summed E-state index contributed by atoms with van der Waals surface area (Å²) in [5, 5.41) is 1.02. The molecule has 0 saturated carbocycles. The highest BCUT2D eigenvalue weighted by Crippen LogP contribution is 2.35. The maximum atomic E-state index is 11.5. The van der Waals surface area contributed by atoms with E-state index in [0.717, 1.165) is 11.8 Å². The topological polar surface area (TPSA) is 34.1 Å². The zero-order valence-electron chi connectivity index (χ0n) is 9.82. The molecule has 0 radical (unpaired) electrons. The number of halogens is 3. The first-order valence-electron chi connectivity index (χ1n) is 5.24. The molecule has 0 atom stereocenters. The van der Waals surface area contributed by atoms with Gasteiger partial charge in [0.15, 0.2) is 9.84 Å². The van der Waals surface area contributed by atoms with Gasteiger partial charge in [-0.05, 0) is 29.8 Å². The monoisotopic (exact) mass is 334 g/mol. The van der Waals surface area contributed by atoms with Crippen LogP contribution in [-0.2, 0) is 9.84 Å². The number of hydrogen-bond acceptors (Lipinski definition) is 2. The first kappa shape index (κ1) is 14.7. The van der Waals surface area contributed by atoms with Gasteiger partial charge in [0.25, 0.3) is 0 Å². The highest BCUT2D eigenvalue weighted by molar-refractivity contribution is 7.90. The van der Waals surface area contributed by atoms with Crippen molar-refractivity contribution in [3.05, 3.63) is 51.5 Å². The summed E-state index contributed by atoms with van der Waals surface area (Å²) in [6, 6.07) is 9.97. The molecule has 0 saturated heterocycles. The van der Waals surface area contributed by atoms with Crippen LogP contribution in [0.2, 0.25) is 15.1 Å². The van der Waals surface area contributed by atoms with Gasteiger partial charge in [0.2, 0.25) is 0 Å². The molecular formula is C13H9Cl3O2S. The maximum Gasteiger partial charge on any atom is 0.177 e. The Morgan fingerprint density at radius 3 is 2.21 bits per heavy atom. The Bertz CT molecular complexity index is 740. The minimum atomic E-state index is -3.41. The second-order valence-corrected chi connectivity index (χ2v) is 7.28. The molecule has 0 unspecified atom stereocenters. The SMILES string of the molecule is CS(=O)(=O)c1cc(Cl)c(-c2cccc(Cl)c2)cc1Cl. The van der Waals surface area contributed by atoms with E-state index in [2.05, 4.69) is 0 Å². The third kappa shape index (κ3) is 3.23. The number of hydrogen-bond donors (Lipinski definition) is 0. The van der Waals surface area contributed by atoms with E-state index in [1.54, 1.807) is 18.2 Å². The number of sulfone groups is 1. The molecule has 0 heterocycles. The molecule has 0 amide bonds. The first-order valence-corrected chi connectivity index (χ1v) is 8.26.